The molecule has 0 spiro atoms. The number of rotatable bonds is 6. The van der Waals surface area contributed by atoms with Crippen LogP contribution in [0.15, 0.2) is 144 Å². The number of nitrogens with two attached hydrogens (primary N) is 1. The molecule has 0 aliphatic carbocycles. The molecule has 7 rings (SSSR count). The minimum Gasteiger partial charge on any atom is -0.454 e. The molecule has 6 aromatic carbocycles. The lowest BCUT2D eigenvalue weighted by Gasteiger charge is -2.11. The summed E-state index contributed by atoms with van der Waals surface area (Å²) >= 11 is 0. The summed E-state index contributed by atoms with van der Waals surface area (Å²) in [7, 11) is 0. The molecule has 7 aromatic rings. The van der Waals surface area contributed by atoms with Crippen LogP contribution in [0.3, 0.4) is 0 Å². The number of nitrogen functional groups attached to an aromatic ring is 1. The van der Waals surface area contributed by atoms with Crippen molar-refractivity contribution in [3.05, 3.63) is 151 Å². The Balaban J connectivity index is 1.22. The number of nitrogens with one attached hydrogen (secondary N) is 1. The number of furan rings is 1. The molecule has 0 radical (unpaired) electrons. The van der Waals surface area contributed by atoms with Crippen molar-refractivity contribution in [2.24, 2.45) is 0 Å². The Hall–Kier alpha value is -6.05. The fourth-order valence-corrected chi connectivity index (χ4v) is 5.61. The van der Waals surface area contributed by atoms with Crippen LogP contribution in [0.4, 0.5) is 17.1 Å². The van der Waals surface area contributed by atoms with Gasteiger partial charge < -0.3 is 15.5 Å². The Bertz CT molecular complexity index is 2150. The second-order valence-corrected chi connectivity index (χ2v) is 10.9. The maximum absolute atomic E-state index is 9.07. The lowest BCUT2D eigenvalue weighted by atomic mass is 9.97. The van der Waals surface area contributed by atoms with Crippen molar-refractivity contribution in [3.8, 4) is 50.8 Å². The van der Waals surface area contributed by atoms with Crippen molar-refractivity contribution in [2.45, 2.75) is 6.92 Å². The molecular weight excluding hydrogens is 538 g/mol. The number of aryl methyl sites for hydroxylation is 1. The zero-order valence-corrected chi connectivity index (χ0v) is 24.2. The first kappa shape index (κ1) is 26.8. The number of benzene rings is 6. The van der Waals surface area contributed by atoms with Crippen LogP contribution in [0.25, 0.3) is 55.7 Å². The van der Waals surface area contributed by atoms with Gasteiger partial charge in [0.25, 0.3) is 0 Å². The second-order valence-electron chi connectivity index (χ2n) is 10.9. The highest BCUT2D eigenvalue weighted by Crippen LogP contribution is 2.43. The van der Waals surface area contributed by atoms with Gasteiger partial charge in [0.05, 0.1) is 28.7 Å². The highest BCUT2D eigenvalue weighted by Gasteiger charge is 2.19. The van der Waals surface area contributed by atoms with E-state index in [9.17, 15) is 0 Å². The molecule has 0 bridgehead atoms. The van der Waals surface area contributed by atoms with Gasteiger partial charge in [-0.05, 0) is 82.3 Å². The number of hydrogen-bond donors (Lipinski definition) is 2. The zero-order chi connectivity index (χ0) is 30.0. The van der Waals surface area contributed by atoms with E-state index < -0.39 is 0 Å². The first-order valence-corrected chi connectivity index (χ1v) is 14.5. The first-order valence-electron chi connectivity index (χ1n) is 14.5. The Morgan fingerprint density at radius 3 is 1.73 bits per heavy atom. The molecule has 3 N–H and O–H groups in total. The lowest BCUT2D eigenvalue weighted by molar-refractivity contribution is 0.632. The molecule has 1 aromatic heterocycles. The quantitative estimate of drug-likeness (QED) is 0.196. The summed E-state index contributed by atoms with van der Waals surface area (Å²) in [5.41, 5.74) is 19.1. The Kier molecular flexibility index (Phi) is 6.90. The molecule has 0 fully saturated rings. The van der Waals surface area contributed by atoms with Crippen molar-refractivity contribution in [2.75, 3.05) is 11.1 Å². The number of fused-ring (bicyclic) bond motifs is 1. The minimum absolute atomic E-state index is 0.664. The van der Waals surface area contributed by atoms with Crippen LogP contribution in [-0.4, -0.2) is 0 Å². The van der Waals surface area contributed by atoms with E-state index in [2.05, 4.69) is 91.1 Å². The van der Waals surface area contributed by atoms with Crippen molar-refractivity contribution in [3.63, 3.8) is 0 Å². The molecule has 0 saturated carbocycles. The largest absolute Gasteiger partial charge is 0.454 e. The minimum atomic E-state index is 0.664. The summed E-state index contributed by atoms with van der Waals surface area (Å²) in [5, 5.41) is 13.6. The maximum atomic E-state index is 9.07. The van der Waals surface area contributed by atoms with E-state index in [0.717, 1.165) is 72.6 Å². The number of anilines is 3. The predicted octanol–water partition coefficient (Wildman–Crippen LogP) is 10.6. The normalized spacial score (nSPS) is 10.9. The summed E-state index contributed by atoms with van der Waals surface area (Å²) in [5.74, 6) is 0.790. The summed E-state index contributed by atoms with van der Waals surface area (Å²) in [6, 6.07) is 49.4. The molecule has 44 heavy (non-hydrogen) atoms. The van der Waals surface area contributed by atoms with Gasteiger partial charge >= 0.3 is 0 Å². The Morgan fingerprint density at radius 1 is 0.614 bits per heavy atom. The zero-order valence-electron chi connectivity index (χ0n) is 24.2. The van der Waals surface area contributed by atoms with Crippen LogP contribution in [0, 0.1) is 18.3 Å². The van der Waals surface area contributed by atoms with Crippen molar-refractivity contribution in [1.82, 2.24) is 0 Å². The molecular formula is C40H29N3O. The number of nitriles is 1. The Morgan fingerprint density at radius 2 is 1.14 bits per heavy atom. The van der Waals surface area contributed by atoms with Crippen LogP contribution in [0.2, 0.25) is 0 Å². The molecule has 0 saturated heterocycles. The summed E-state index contributed by atoms with van der Waals surface area (Å²) < 4.78 is 6.48. The highest BCUT2D eigenvalue weighted by molar-refractivity contribution is 6.03. The van der Waals surface area contributed by atoms with E-state index in [1.54, 1.807) is 0 Å². The predicted molar refractivity (Wildman–Crippen MR) is 182 cm³/mol. The molecule has 4 heteroatoms. The fraction of sp³-hybridized carbons (Fsp3) is 0.0250. The van der Waals surface area contributed by atoms with Crippen LogP contribution >= 0.6 is 0 Å². The average molecular weight is 568 g/mol. The fourth-order valence-electron chi connectivity index (χ4n) is 5.61. The van der Waals surface area contributed by atoms with Gasteiger partial charge in [-0.1, -0.05) is 103 Å². The monoisotopic (exact) mass is 567 g/mol. The van der Waals surface area contributed by atoms with E-state index in [-0.39, 0.29) is 0 Å². The Labute approximate surface area is 256 Å². The summed E-state index contributed by atoms with van der Waals surface area (Å²) in [6.07, 6.45) is 0. The van der Waals surface area contributed by atoms with Gasteiger partial charge in [0.1, 0.15) is 5.58 Å². The van der Waals surface area contributed by atoms with Gasteiger partial charge in [0.2, 0.25) is 0 Å². The third kappa shape index (κ3) is 5.08. The van der Waals surface area contributed by atoms with Crippen molar-refractivity contribution < 1.29 is 4.42 Å². The van der Waals surface area contributed by atoms with E-state index in [1.807, 2.05) is 66.7 Å². The molecule has 0 aliphatic heterocycles. The third-order valence-electron chi connectivity index (χ3n) is 8.08. The van der Waals surface area contributed by atoms with E-state index in [0.29, 0.717) is 11.3 Å². The topological polar surface area (TPSA) is 75.0 Å². The highest BCUT2D eigenvalue weighted by atomic mass is 16.3. The molecule has 0 atom stereocenters. The number of hydrogen-bond acceptors (Lipinski definition) is 4. The molecule has 4 nitrogen and oxygen atoms in total. The molecule has 210 valence electrons. The second kappa shape index (κ2) is 11.3. The van der Waals surface area contributed by atoms with E-state index in [4.69, 9.17) is 15.4 Å². The van der Waals surface area contributed by atoms with E-state index >= 15 is 0 Å². The molecule has 0 aliphatic rings. The maximum Gasteiger partial charge on any atom is 0.159 e. The van der Waals surface area contributed by atoms with Gasteiger partial charge in [-0.2, -0.15) is 5.26 Å². The van der Waals surface area contributed by atoms with Gasteiger partial charge in [-0.25, -0.2) is 0 Å². The van der Waals surface area contributed by atoms with Gasteiger partial charge in [-0.15, -0.1) is 0 Å². The van der Waals surface area contributed by atoms with Crippen LogP contribution < -0.4 is 11.1 Å². The molecule has 0 amide bonds. The SMILES string of the molecule is Cc1ccccc1-c1oc2ccc(-c3ccc(-c4ccc(-c5ccc(C#N)cc5)cc4)cc3)cc2c1Nc1ccccc1N. The molecule has 1 heterocycles. The lowest BCUT2D eigenvalue weighted by Crippen LogP contribution is -1.97. The number of para-hydroxylation sites is 2. The first-order chi connectivity index (χ1) is 21.6. The third-order valence-corrected chi connectivity index (χ3v) is 8.08. The van der Waals surface area contributed by atoms with Crippen LogP contribution in [0.1, 0.15) is 11.1 Å². The summed E-state index contributed by atoms with van der Waals surface area (Å²) in [6.45, 7) is 2.09. The smallest absolute Gasteiger partial charge is 0.159 e. The number of nitrogens with zero attached hydrogens (tertiary/aromatic N) is 1. The van der Waals surface area contributed by atoms with Gasteiger partial charge in [0.15, 0.2) is 5.76 Å². The molecule has 0 unspecified atom stereocenters. The van der Waals surface area contributed by atoms with Crippen molar-refractivity contribution >= 4 is 28.0 Å². The van der Waals surface area contributed by atoms with Gasteiger partial charge in [0, 0.05) is 10.9 Å². The standard InChI is InChI=1S/C40H29N3O/c1-26-6-2-3-7-34(26)40-39(43-37-9-5-4-8-36(37)42)35-24-33(22-23-38(35)44-40)32-20-18-31(19-21-32)30-16-14-29(15-17-30)28-12-10-27(25-41)11-13-28/h2-24,43H,42H2,1H3. The van der Waals surface area contributed by atoms with Crippen molar-refractivity contribution in [1.29, 1.82) is 5.26 Å². The van der Waals surface area contributed by atoms with Crippen LogP contribution in [0.5, 0.6) is 0 Å². The van der Waals surface area contributed by atoms with Gasteiger partial charge in [-0.3, -0.25) is 0 Å². The average Bonchev–Trinajstić information content (AvgIpc) is 3.43. The van der Waals surface area contributed by atoms with Crippen LogP contribution in [-0.2, 0) is 0 Å². The van der Waals surface area contributed by atoms with E-state index in [1.165, 1.54) is 0 Å². The summed E-state index contributed by atoms with van der Waals surface area (Å²) in [4.78, 5) is 0.